The van der Waals surface area contributed by atoms with E-state index in [4.69, 9.17) is 5.11 Å². The van der Waals surface area contributed by atoms with Gasteiger partial charge >= 0.3 is 5.97 Å². The van der Waals surface area contributed by atoms with Crippen LogP contribution in [0.1, 0.15) is 22.3 Å². The minimum Gasteiger partial charge on any atom is -0.480 e. The van der Waals surface area contributed by atoms with Crippen molar-refractivity contribution < 1.29 is 14.7 Å². The van der Waals surface area contributed by atoms with E-state index in [9.17, 15) is 9.59 Å². The highest BCUT2D eigenvalue weighted by Crippen LogP contribution is 2.14. The van der Waals surface area contributed by atoms with Gasteiger partial charge in [0.1, 0.15) is 11.7 Å². The third-order valence-electron chi connectivity index (χ3n) is 2.21. The van der Waals surface area contributed by atoms with Crippen molar-refractivity contribution in [3.05, 3.63) is 16.1 Å². The zero-order chi connectivity index (χ0) is 11.6. The second-order valence-electron chi connectivity index (χ2n) is 3.19. The number of rotatable bonds is 3. The van der Waals surface area contributed by atoms with Gasteiger partial charge in [-0.15, -0.1) is 11.3 Å². The highest BCUT2D eigenvalue weighted by atomic mass is 32.1. The average molecular weight is 228 g/mol. The lowest BCUT2D eigenvalue weighted by atomic mass is 10.2. The molecule has 0 aliphatic rings. The first-order valence-electron chi connectivity index (χ1n) is 4.35. The van der Waals surface area contributed by atoms with E-state index in [1.165, 1.54) is 30.2 Å². The number of thiazole rings is 1. The number of nitrogens with zero attached hydrogens (tertiary/aromatic N) is 2. The van der Waals surface area contributed by atoms with Crippen molar-refractivity contribution >= 4 is 23.2 Å². The first-order valence-corrected chi connectivity index (χ1v) is 5.23. The van der Waals surface area contributed by atoms with Gasteiger partial charge in [-0.05, 0) is 13.8 Å². The molecule has 1 rings (SSSR count). The monoisotopic (exact) mass is 228 g/mol. The average Bonchev–Trinajstić information content (AvgIpc) is 2.60. The van der Waals surface area contributed by atoms with Crippen LogP contribution in [0.3, 0.4) is 0 Å². The molecule has 1 unspecified atom stereocenters. The fourth-order valence-electron chi connectivity index (χ4n) is 1.02. The Balaban J connectivity index is 2.86. The summed E-state index contributed by atoms with van der Waals surface area (Å²) in [7, 11) is 1.46. The van der Waals surface area contributed by atoms with Gasteiger partial charge in [-0.2, -0.15) is 0 Å². The van der Waals surface area contributed by atoms with E-state index in [1.807, 2.05) is 0 Å². The molecule has 0 saturated carbocycles. The summed E-state index contributed by atoms with van der Waals surface area (Å²) in [4.78, 5) is 28.3. The maximum atomic E-state index is 11.8. The second kappa shape index (κ2) is 4.39. The number of hydrogen-bond donors (Lipinski definition) is 1. The molecule has 0 aromatic carbocycles. The summed E-state index contributed by atoms with van der Waals surface area (Å²) in [6, 6.07) is -0.849. The van der Waals surface area contributed by atoms with E-state index in [1.54, 1.807) is 12.4 Å². The Morgan fingerprint density at radius 1 is 1.60 bits per heavy atom. The molecule has 1 atom stereocenters. The summed E-state index contributed by atoms with van der Waals surface area (Å²) < 4.78 is 0. The molecule has 1 heterocycles. The Bertz CT molecular complexity index is 388. The molecule has 0 aliphatic carbocycles. The number of carboxylic acid groups (broad SMARTS) is 1. The predicted molar refractivity (Wildman–Crippen MR) is 56.0 cm³/mol. The summed E-state index contributed by atoms with van der Waals surface area (Å²) in [6.45, 7) is 3.24. The molecule has 0 spiro atoms. The van der Waals surface area contributed by atoms with Gasteiger partial charge in [0.25, 0.3) is 5.91 Å². The van der Waals surface area contributed by atoms with Crippen molar-refractivity contribution in [2.75, 3.05) is 7.05 Å². The molecule has 1 aromatic heterocycles. The molecule has 1 N–H and O–H groups in total. The van der Waals surface area contributed by atoms with Gasteiger partial charge in [-0.3, -0.25) is 4.79 Å². The van der Waals surface area contributed by atoms with Gasteiger partial charge in [0.05, 0.1) is 5.51 Å². The second-order valence-corrected chi connectivity index (χ2v) is 4.25. The largest absolute Gasteiger partial charge is 0.480 e. The van der Waals surface area contributed by atoms with Crippen LogP contribution in [0, 0.1) is 6.92 Å². The molecule has 0 saturated heterocycles. The number of carbonyl (C=O) groups excluding carboxylic acids is 1. The molecular weight excluding hydrogens is 216 g/mol. The summed E-state index contributed by atoms with van der Waals surface area (Å²) in [5.41, 5.74) is 1.90. The van der Waals surface area contributed by atoms with Crippen LogP contribution in [0.2, 0.25) is 0 Å². The van der Waals surface area contributed by atoms with E-state index in [-0.39, 0.29) is 5.91 Å². The molecule has 0 aliphatic heterocycles. The van der Waals surface area contributed by atoms with Crippen LogP contribution < -0.4 is 0 Å². The number of hydrogen-bond acceptors (Lipinski definition) is 4. The van der Waals surface area contributed by atoms with Gasteiger partial charge in [0, 0.05) is 11.9 Å². The van der Waals surface area contributed by atoms with Crippen molar-refractivity contribution in [3.8, 4) is 0 Å². The lowest BCUT2D eigenvalue weighted by Crippen LogP contribution is -2.40. The van der Waals surface area contributed by atoms with Gasteiger partial charge in [-0.1, -0.05) is 0 Å². The third-order valence-corrected chi connectivity index (χ3v) is 2.96. The number of carboxylic acids is 1. The van der Waals surface area contributed by atoms with E-state index in [0.29, 0.717) is 5.69 Å². The standard InChI is InChI=1S/C9H12N2O3S/c1-5(9(13)14)11(3)8(12)7-6(2)15-4-10-7/h4-5H,1-3H3,(H,13,14). The normalized spacial score (nSPS) is 12.2. The first-order chi connectivity index (χ1) is 6.95. The summed E-state index contributed by atoms with van der Waals surface area (Å²) in [5, 5.41) is 8.76. The molecule has 5 nitrogen and oxygen atoms in total. The number of carbonyl (C=O) groups is 2. The minimum atomic E-state index is -1.03. The van der Waals surface area contributed by atoms with Crippen molar-refractivity contribution in [1.29, 1.82) is 0 Å². The van der Waals surface area contributed by atoms with Crippen LogP contribution in [0.5, 0.6) is 0 Å². The Morgan fingerprint density at radius 3 is 2.60 bits per heavy atom. The van der Waals surface area contributed by atoms with Crippen LogP contribution >= 0.6 is 11.3 Å². The quantitative estimate of drug-likeness (QED) is 0.837. The molecule has 1 aromatic rings. The summed E-state index contributed by atoms with van der Waals surface area (Å²) in [5.74, 6) is -1.39. The zero-order valence-corrected chi connectivity index (χ0v) is 9.54. The van der Waals surface area contributed by atoms with Crippen LogP contribution in [0.4, 0.5) is 0 Å². The first kappa shape index (κ1) is 11.6. The Kier molecular flexibility index (Phi) is 3.41. The number of aromatic nitrogens is 1. The Hall–Kier alpha value is -1.43. The fraction of sp³-hybridized carbons (Fsp3) is 0.444. The molecular formula is C9H12N2O3S. The number of aryl methyl sites for hydroxylation is 1. The maximum absolute atomic E-state index is 11.8. The third kappa shape index (κ3) is 2.33. The number of likely N-dealkylation sites (N-methyl/N-ethyl adjacent to an activating group) is 1. The highest BCUT2D eigenvalue weighted by Gasteiger charge is 2.24. The highest BCUT2D eigenvalue weighted by molar-refractivity contribution is 7.09. The van der Waals surface area contributed by atoms with Gasteiger partial charge in [0.15, 0.2) is 0 Å². The van der Waals surface area contributed by atoms with E-state index in [2.05, 4.69) is 4.98 Å². The van der Waals surface area contributed by atoms with E-state index >= 15 is 0 Å². The number of aliphatic carboxylic acids is 1. The number of amides is 1. The van der Waals surface area contributed by atoms with Crippen LogP contribution in [0.25, 0.3) is 0 Å². The molecule has 0 fully saturated rings. The molecule has 6 heteroatoms. The molecule has 15 heavy (non-hydrogen) atoms. The van der Waals surface area contributed by atoms with Crippen molar-refractivity contribution in [2.24, 2.45) is 0 Å². The van der Waals surface area contributed by atoms with Gasteiger partial charge in [-0.25, -0.2) is 9.78 Å². The topological polar surface area (TPSA) is 70.5 Å². The predicted octanol–water partition coefficient (Wildman–Crippen LogP) is 0.997. The van der Waals surface area contributed by atoms with Crippen LogP contribution in [-0.4, -0.2) is 40.0 Å². The van der Waals surface area contributed by atoms with Crippen LogP contribution in [-0.2, 0) is 4.79 Å². The lowest BCUT2D eigenvalue weighted by Gasteiger charge is -2.20. The lowest BCUT2D eigenvalue weighted by molar-refractivity contribution is -0.141. The van der Waals surface area contributed by atoms with Gasteiger partial charge in [0.2, 0.25) is 0 Å². The van der Waals surface area contributed by atoms with Gasteiger partial charge < -0.3 is 10.0 Å². The van der Waals surface area contributed by atoms with Crippen molar-refractivity contribution in [1.82, 2.24) is 9.88 Å². The molecule has 1 amide bonds. The van der Waals surface area contributed by atoms with Crippen molar-refractivity contribution in [3.63, 3.8) is 0 Å². The summed E-state index contributed by atoms with van der Waals surface area (Å²) >= 11 is 1.36. The van der Waals surface area contributed by atoms with E-state index in [0.717, 1.165) is 4.88 Å². The molecule has 82 valence electrons. The molecule has 0 bridgehead atoms. The zero-order valence-electron chi connectivity index (χ0n) is 8.72. The van der Waals surface area contributed by atoms with E-state index < -0.39 is 12.0 Å². The molecule has 0 radical (unpaired) electrons. The summed E-state index contributed by atoms with van der Waals surface area (Å²) in [6.07, 6.45) is 0. The minimum absolute atomic E-state index is 0.329. The smallest absolute Gasteiger partial charge is 0.326 e. The van der Waals surface area contributed by atoms with Crippen molar-refractivity contribution in [2.45, 2.75) is 19.9 Å². The Morgan fingerprint density at radius 2 is 2.20 bits per heavy atom. The Labute approximate surface area is 91.4 Å². The maximum Gasteiger partial charge on any atom is 0.326 e. The van der Waals surface area contributed by atoms with Crippen LogP contribution in [0.15, 0.2) is 5.51 Å². The fourth-order valence-corrected chi connectivity index (χ4v) is 1.59. The SMILES string of the molecule is Cc1scnc1C(=O)N(C)C(C)C(=O)O.